The van der Waals surface area contributed by atoms with Crippen molar-refractivity contribution in [2.75, 3.05) is 63.0 Å². The number of nitrogens with zero attached hydrogens (tertiary/aromatic N) is 3. The van der Waals surface area contributed by atoms with Gasteiger partial charge in [-0.15, -0.1) is 0 Å². The van der Waals surface area contributed by atoms with Crippen molar-refractivity contribution in [3.63, 3.8) is 0 Å². The molecule has 0 bridgehead atoms. The number of aromatic amines is 1. The summed E-state index contributed by atoms with van der Waals surface area (Å²) in [5.74, 6) is 0. The Morgan fingerprint density at radius 3 is 2.00 bits per heavy atom. The van der Waals surface area contributed by atoms with Gasteiger partial charge in [-0.1, -0.05) is 89.3 Å². The number of alkyl halides is 1. The van der Waals surface area contributed by atoms with E-state index < -0.39 is 5.60 Å². The van der Waals surface area contributed by atoms with Gasteiger partial charge in [-0.2, -0.15) is 0 Å². The predicted octanol–water partition coefficient (Wildman–Crippen LogP) is 9.16. The number of ether oxygens (including phenoxy) is 5. The van der Waals surface area contributed by atoms with Crippen LogP contribution in [0.1, 0.15) is 85.6 Å². The van der Waals surface area contributed by atoms with Gasteiger partial charge < -0.3 is 65.7 Å². The number of aromatic nitrogens is 3. The van der Waals surface area contributed by atoms with Crippen molar-refractivity contribution in [3.05, 3.63) is 93.8 Å². The van der Waals surface area contributed by atoms with Crippen LogP contribution in [0.4, 0.5) is 16.2 Å². The largest absolute Gasteiger partial charge is 1.00 e. The van der Waals surface area contributed by atoms with E-state index in [-0.39, 0.29) is 51.7 Å². The molecule has 2 fully saturated rings. The molecule has 3 aromatic heterocycles. The van der Waals surface area contributed by atoms with Gasteiger partial charge >= 0.3 is 6.09 Å². The summed E-state index contributed by atoms with van der Waals surface area (Å²) >= 11 is 22.1. The van der Waals surface area contributed by atoms with Crippen LogP contribution in [0.15, 0.2) is 73.2 Å². The minimum Gasteiger partial charge on any atom is -1.00 e. The molecule has 5 heterocycles. The van der Waals surface area contributed by atoms with Crippen LogP contribution in [0.3, 0.4) is 0 Å². The van der Waals surface area contributed by atoms with Gasteiger partial charge in [0.15, 0.2) is 12.6 Å². The number of nitrogens with two attached hydrogens (primary N) is 1. The van der Waals surface area contributed by atoms with E-state index in [0.29, 0.717) is 42.8 Å². The average Bonchev–Trinajstić information content (AvgIpc) is 3.99. The van der Waals surface area contributed by atoms with Crippen molar-refractivity contribution in [2.24, 2.45) is 0 Å². The number of nitrogens with one attached hydrogen (secondary N) is 1. The van der Waals surface area contributed by atoms with E-state index in [9.17, 15) is 4.79 Å². The Balaban J connectivity index is 0.000000272. The van der Waals surface area contributed by atoms with Gasteiger partial charge in [0.2, 0.25) is 0 Å². The lowest BCUT2D eigenvalue weighted by Gasteiger charge is -2.28. The van der Waals surface area contributed by atoms with Crippen LogP contribution in [0.2, 0.25) is 15.1 Å². The number of amides is 1. The van der Waals surface area contributed by atoms with Crippen molar-refractivity contribution in [1.82, 2.24) is 14.1 Å². The van der Waals surface area contributed by atoms with Gasteiger partial charge in [-0.25, -0.2) is 4.79 Å². The Bertz CT molecular complexity index is 2450. The first-order valence-electron chi connectivity index (χ1n) is 23.6. The summed E-state index contributed by atoms with van der Waals surface area (Å²) in [6, 6.07) is 17.9. The molecule has 2 unspecified atom stereocenters. The van der Waals surface area contributed by atoms with Crippen LogP contribution >= 0.6 is 50.7 Å². The highest BCUT2D eigenvalue weighted by Crippen LogP contribution is 2.36. The van der Waals surface area contributed by atoms with E-state index in [1.165, 1.54) is 18.4 Å². The first-order valence-corrected chi connectivity index (χ1v) is 25.9. The maximum atomic E-state index is 12.9. The fourth-order valence-corrected chi connectivity index (χ4v) is 9.14. The highest BCUT2D eigenvalue weighted by Gasteiger charge is 2.26. The number of H-pyrrole nitrogens is 1. The number of halogens is 5. The van der Waals surface area contributed by atoms with Gasteiger partial charge in [0.25, 0.3) is 0 Å². The normalized spacial score (nSPS) is 15.6. The van der Waals surface area contributed by atoms with Gasteiger partial charge in [-0.05, 0) is 109 Å². The Kier molecular flexibility index (Phi) is 27.5. The average molecular weight is 1120 g/mol. The fourth-order valence-electron chi connectivity index (χ4n) is 8.02. The molecule has 390 valence electrons. The number of benzene rings is 3. The third kappa shape index (κ3) is 18.1. The smallest absolute Gasteiger partial charge is 0.414 e. The quantitative estimate of drug-likeness (QED) is 0.0588. The van der Waals surface area contributed by atoms with Gasteiger partial charge in [-0.3, -0.25) is 4.90 Å². The zero-order valence-corrected chi connectivity index (χ0v) is 45.1. The van der Waals surface area contributed by atoms with Gasteiger partial charge in [0, 0.05) is 73.1 Å². The monoisotopic (exact) mass is 1120 g/mol. The lowest BCUT2D eigenvalue weighted by molar-refractivity contribution is -0.571. The molecule has 0 aliphatic carbocycles. The molecule has 2 atom stereocenters. The van der Waals surface area contributed by atoms with E-state index in [1.54, 1.807) is 4.90 Å². The van der Waals surface area contributed by atoms with Gasteiger partial charge in [0.1, 0.15) is 17.8 Å². The second kappa shape index (κ2) is 31.5. The number of hydrogen-bond acceptors (Lipinski definition) is 8. The number of fused-ring (bicyclic) bond motifs is 3. The Labute approximate surface area is 443 Å². The van der Waals surface area contributed by atoms with E-state index in [4.69, 9.17) is 68.7 Å². The number of aryl methyl sites for hydroxylation is 1. The second-order valence-corrected chi connectivity index (χ2v) is 19.5. The summed E-state index contributed by atoms with van der Waals surface area (Å²) in [6.45, 7) is 15.2. The summed E-state index contributed by atoms with van der Waals surface area (Å²) in [6.07, 6.45) is 12.6. The lowest BCUT2D eigenvalue weighted by atomic mass is 10.1. The first-order chi connectivity index (χ1) is 32.8. The molecule has 13 nitrogen and oxygen atoms in total. The van der Waals surface area contributed by atoms with Crippen LogP contribution in [0.5, 0.6) is 0 Å². The molecule has 70 heavy (non-hydrogen) atoms. The fraction of sp³-hybridized carbons (Fsp3) is 0.519. The van der Waals surface area contributed by atoms with Crippen molar-refractivity contribution >= 4 is 101 Å². The number of hydrogen-bond donors (Lipinski definition) is 4. The molecule has 2 saturated heterocycles. The van der Waals surface area contributed by atoms with E-state index in [2.05, 4.69) is 38.5 Å². The Hall–Kier alpha value is -3.09. The maximum Gasteiger partial charge on any atom is 0.414 e. The molecule has 6 aromatic rings. The van der Waals surface area contributed by atoms with Crippen LogP contribution < -0.4 is 22.6 Å². The number of quaternary nitrogens is 1. The topological polar surface area (TPSA) is 149 Å². The number of aliphatic hydroxyl groups is 2. The second-order valence-electron chi connectivity index (χ2n) is 17.5. The molecule has 1 amide bonds. The van der Waals surface area contributed by atoms with Crippen molar-refractivity contribution in [1.29, 1.82) is 0 Å². The van der Waals surface area contributed by atoms with Crippen LogP contribution in [0.25, 0.3) is 32.7 Å². The molecule has 0 saturated carbocycles. The number of anilines is 1. The zero-order valence-electron chi connectivity index (χ0n) is 40.5. The molecule has 18 heteroatoms. The lowest BCUT2D eigenvalue weighted by Crippen LogP contribution is -3.00. The SMILES string of the molecule is BrCCOC1CCCCO1.C.CCCN(C(=O)OC(C)(C)C)c1cccc2c1c(Cl)cn2CCOC1CCCCO1.Cc1cccc2[nH]cc(Cl)c12.OCC[NH2+]c1cccc2c1c(Cl)cn2CCO.[Cl-]. The minimum atomic E-state index is -0.564. The number of carbonyl (C=O) groups is 1. The number of rotatable bonds is 15. The molecule has 0 spiro atoms. The van der Waals surface area contributed by atoms with Crippen LogP contribution in [0, 0.1) is 6.92 Å². The molecule has 8 rings (SSSR count). The molecule has 5 N–H and O–H groups in total. The van der Waals surface area contributed by atoms with Gasteiger partial charge in [0.05, 0.1) is 63.6 Å². The summed E-state index contributed by atoms with van der Waals surface area (Å²) in [4.78, 5) is 17.7. The zero-order chi connectivity index (χ0) is 49.1. The minimum absolute atomic E-state index is 0. The van der Waals surface area contributed by atoms with E-state index >= 15 is 0 Å². The molecule has 0 radical (unpaired) electrons. The standard InChI is InChI=1S/C23H33ClN2O4.C12H15ClN2O2.C9H8ClN.C7H13BrO2.CH4.ClH/c1-5-12-26(22(27)30-23(2,3)4)19-10-8-9-18-21(19)17(24)16-25(18)13-15-29-20-11-6-7-14-28-20;13-9-8-15(5-7-17)11-3-1-2-10(12(9)11)14-4-6-16;1-6-3-2-4-8-9(6)7(10)5-11-8;8-4-6-10-7-3-1-2-5-9-7;;/h8-10,16,20H,5-7,11-15H2,1-4H3;1-3,8,14,16-17H,4-7H2;2-5,11H,1H3;7H,1-6H2;1H4;1H. The van der Waals surface area contributed by atoms with E-state index in [1.807, 2.05) is 105 Å². The van der Waals surface area contributed by atoms with Crippen LogP contribution in [-0.4, -0.2) is 107 Å². The molecular formula is C52H74BrCl4N5O8. The summed E-state index contributed by atoms with van der Waals surface area (Å²) in [7, 11) is 0. The summed E-state index contributed by atoms with van der Waals surface area (Å²) in [5, 5.41) is 25.8. The summed E-state index contributed by atoms with van der Waals surface area (Å²) < 4.78 is 31.9. The Morgan fingerprint density at radius 1 is 0.829 bits per heavy atom. The maximum absolute atomic E-state index is 12.9. The summed E-state index contributed by atoms with van der Waals surface area (Å²) in [5.41, 5.74) is 5.53. The molecule has 3 aromatic carbocycles. The molecular weight excluding hydrogens is 1040 g/mol. The van der Waals surface area contributed by atoms with Crippen LogP contribution in [-0.2, 0) is 36.8 Å². The van der Waals surface area contributed by atoms with Crippen molar-refractivity contribution in [2.45, 2.75) is 118 Å². The third-order valence-electron chi connectivity index (χ3n) is 11.1. The highest BCUT2D eigenvalue weighted by molar-refractivity contribution is 9.09. The Morgan fingerprint density at radius 2 is 1.43 bits per heavy atom. The molecule has 2 aliphatic heterocycles. The predicted molar refractivity (Wildman–Crippen MR) is 286 cm³/mol. The van der Waals surface area contributed by atoms with Crippen molar-refractivity contribution in [3.8, 4) is 0 Å². The molecule has 2 aliphatic rings. The number of carbonyl (C=O) groups excluding carboxylic acids is 1. The highest BCUT2D eigenvalue weighted by atomic mass is 79.9. The van der Waals surface area contributed by atoms with Crippen molar-refractivity contribution < 1.29 is 56.4 Å². The number of aliphatic hydroxyl groups excluding tert-OH is 2. The van der Waals surface area contributed by atoms with E-state index in [0.717, 1.165) is 106 Å². The third-order valence-corrected chi connectivity index (χ3v) is 12.3. The first kappa shape index (κ1) is 61.2.